The summed E-state index contributed by atoms with van der Waals surface area (Å²) < 4.78 is 5.05. The smallest absolute Gasteiger partial charge is 0.408 e. The lowest BCUT2D eigenvalue weighted by Gasteiger charge is -2.15. The minimum atomic E-state index is -1.31. The highest BCUT2D eigenvalue weighted by atomic mass is 35.5. The third-order valence-electron chi connectivity index (χ3n) is 3.95. The zero-order valence-electron chi connectivity index (χ0n) is 16.6. The fourth-order valence-electron chi connectivity index (χ4n) is 2.49. The number of carbonyl (C=O) groups is 3. The monoisotopic (exact) mass is 461 g/mol. The van der Waals surface area contributed by atoms with E-state index in [4.69, 9.17) is 9.84 Å². The van der Waals surface area contributed by atoms with Gasteiger partial charge in [0.15, 0.2) is 11.6 Å². The van der Waals surface area contributed by atoms with Gasteiger partial charge in [-0.05, 0) is 22.9 Å². The van der Waals surface area contributed by atoms with Gasteiger partial charge in [0.25, 0.3) is 0 Å². The molecule has 12 nitrogen and oxygen atoms in total. The number of rotatable bonds is 10. The van der Waals surface area contributed by atoms with Gasteiger partial charge in [0.1, 0.15) is 25.0 Å². The van der Waals surface area contributed by atoms with Gasteiger partial charge in [-0.25, -0.2) is 9.78 Å². The van der Waals surface area contributed by atoms with Crippen molar-refractivity contribution in [2.45, 2.75) is 25.6 Å². The molecule has 0 spiro atoms. The van der Waals surface area contributed by atoms with Gasteiger partial charge < -0.3 is 20.1 Å². The highest BCUT2D eigenvalue weighted by molar-refractivity contribution is 5.90. The fourth-order valence-corrected chi connectivity index (χ4v) is 2.49. The lowest BCUT2D eigenvalue weighted by atomic mass is 10.1. The van der Waals surface area contributed by atoms with Gasteiger partial charge >= 0.3 is 12.1 Å². The number of nitrogens with one attached hydrogen (secondary N) is 2. The molecule has 0 aliphatic heterocycles. The molecule has 0 saturated heterocycles. The van der Waals surface area contributed by atoms with Crippen LogP contribution in [0.25, 0.3) is 12.2 Å². The van der Waals surface area contributed by atoms with E-state index in [1.807, 2.05) is 6.07 Å². The Labute approximate surface area is 188 Å². The van der Waals surface area contributed by atoms with Crippen LogP contribution in [0.5, 0.6) is 0 Å². The van der Waals surface area contributed by atoms with Crippen molar-refractivity contribution in [3.05, 3.63) is 59.9 Å². The van der Waals surface area contributed by atoms with Gasteiger partial charge in [0.2, 0.25) is 0 Å². The number of aliphatic carboxylic acids is 1. The summed E-state index contributed by atoms with van der Waals surface area (Å²) in [6.07, 6.45) is 4.89. The Morgan fingerprint density at radius 1 is 1.22 bits per heavy atom. The first-order valence-electron chi connectivity index (χ1n) is 9.16. The first-order chi connectivity index (χ1) is 15.0. The second-order valence-electron chi connectivity index (χ2n) is 6.31. The summed E-state index contributed by atoms with van der Waals surface area (Å²) >= 11 is 0. The molecular weight excluding hydrogens is 442 g/mol. The van der Waals surface area contributed by atoms with E-state index in [0.717, 1.165) is 10.4 Å². The number of hydrogen-bond acceptors (Lipinski definition) is 8. The summed E-state index contributed by atoms with van der Waals surface area (Å²) in [7, 11) is 0. The van der Waals surface area contributed by atoms with Gasteiger partial charge in [0.05, 0.1) is 6.42 Å². The number of carboxylic acid groups (broad SMARTS) is 1. The van der Waals surface area contributed by atoms with Gasteiger partial charge in [-0.1, -0.05) is 30.3 Å². The molecule has 168 valence electrons. The quantitative estimate of drug-likeness (QED) is 0.403. The molecule has 0 aliphatic rings. The Bertz CT molecular complexity index is 1050. The first kappa shape index (κ1) is 24.2. The number of halogens is 1. The summed E-state index contributed by atoms with van der Waals surface area (Å²) in [4.78, 5) is 43.6. The summed E-state index contributed by atoms with van der Waals surface area (Å²) in [5, 5.41) is 22.9. The number of tetrazole rings is 1. The average Bonchev–Trinajstić information content (AvgIpc) is 3.42. The van der Waals surface area contributed by atoms with Crippen LogP contribution < -0.4 is 5.32 Å². The SMILES string of the molecule is Cl.O=C(O)CC(NC(=O)OCc1ccccc1)C(=O)Cn1nnc(C=Cc2ncc[nH]2)n1. The van der Waals surface area contributed by atoms with E-state index < -0.39 is 30.3 Å². The lowest BCUT2D eigenvalue weighted by Crippen LogP contribution is -2.44. The third kappa shape index (κ3) is 7.65. The molecule has 3 aromatic rings. The second-order valence-corrected chi connectivity index (χ2v) is 6.31. The maximum Gasteiger partial charge on any atom is 0.408 e. The van der Waals surface area contributed by atoms with Gasteiger partial charge in [0, 0.05) is 12.4 Å². The maximum absolute atomic E-state index is 12.5. The van der Waals surface area contributed by atoms with Gasteiger partial charge in [-0.15, -0.1) is 22.6 Å². The molecule has 1 aromatic carbocycles. The normalized spacial score (nSPS) is 11.5. The fraction of sp³-hybridized carbons (Fsp3) is 0.211. The number of aromatic nitrogens is 6. The molecular formula is C19H20ClN7O5. The Kier molecular flexibility index (Phi) is 9.05. The van der Waals surface area contributed by atoms with Crippen molar-refractivity contribution in [2.24, 2.45) is 0 Å². The van der Waals surface area contributed by atoms with Crippen molar-refractivity contribution < 1.29 is 24.2 Å². The zero-order valence-corrected chi connectivity index (χ0v) is 17.4. The highest BCUT2D eigenvalue weighted by Crippen LogP contribution is 2.03. The second kappa shape index (κ2) is 12.0. The number of ether oxygens (including phenoxy) is 1. The van der Waals surface area contributed by atoms with E-state index >= 15 is 0 Å². The third-order valence-corrected chi connectivity index (χ3v) is 3.95. The number of aromatic amines is 1. The molecule has 0 radical (unpaired) electrons. The molecule has 2 heterocycles. The number of H-pyrrole nitrogens is 1. The number of benzene rings is 1. The Hall–Kier alpha value is -4.06. The number of carboxylic acids is 1. The van der Waals surface area contributed by atoms with Crippen molar-refractivity contribution in [3.63, 3.8) is 0 Å². The predicted octanol–water partition coefficient (Wildman–Crippen LogP) is 1.33. The largest absolute Gasteiger partial charge is 0.481 e. The molecule has 32 heavy (non-hydrogen) atoms. The van der Waals surface area contributed by atoms with E-state index in [1.54, 1.807) is 48.8 Å². The number of Topliss-reactive ketones (excluding diaryl/α,β-unsaturated/α-hetero) is 1. The molecule has 0 saturated carbocycles. The van der Waals surface area contributed by atoms with Crippen molar-refractivity contribution in [2.75, 3.05) is 0 Å². The van der Waals surface area contributed by atoms with Crippen molar-refractivity contribution in [3.8, 4) is 0 Å². The molecule has 2 aromatic heterocycles. The highest BCUT2D eigenvalue weighted by Gasteiger charge is 2.25. The molecule has 1 atom stereocenters. The van der Waals surface area contributed by atoms with Crippen LogP contribution in [0, 0.1) is 0 Å². The van der Waals surface area contributed by atoms with E-state index in [9.17, 15) is 14.4 Å². The zero-order chi connectivity index (χ0) is 22.1. The molecule has 3 rings (SSSR count). The van der Waals surface area contributed by atoms with Crippen molar-refractivity contribution in [1.82, 2.24) is 35.5 Å². The van der Waals surface area contributed by atoms with Crippen LogP contribution in [0.15, 0.2) is 42.7 Å². The number of imidazole rings is 1. The molecule has 0 aliphatic carbocycles. The summed E-state index contributed by atoms with van der Waals surface area (Å²) in [6.45, 7) is -0.394. The van der Waals surface area contributed by atoms with E-state index in [2.05, 4.69) is 30.7 Å². The van der Waals surface area contributed by atoms with E-state index in [1.165, 1.54) is 0 Å². The Morgan fingerprint density at radius 2 is 2.00 bits per heavy atom. The number of hydrogen-bond donors (Lipinski definition) is 3. The summed E-state index contributed by atoms with van der Waals surface area (Å²) in [6, 6.07) is 7.62. The predicted molar refractivity (Wildman–Crippen MR) is 113 cm³/mol. The number of nitrogens with zero attached hydrogens (tertiary/aromatic N) is 5. The molecule has 1 unspecified atom stereocenters. The summed E-state index contributed by atoms with van der Waals surface area (Å²) in [5.41, 5.74) is 0.751. The van der Waals surface area contributed by atoms with Crippen LogP contribution in [0.2, 0.25) is 0 Å². The van der Waals surface area contributed by atoms with Crippen LogP contribution in [0.4, 0.5) is 4.79 Å². The molecule has 13 heteroatoms. The number of alkyl carbamates (subject to hydrolysis) is 1. The van der Waals surface area contributed by atoms with E-state index in [0.29, 0.717) is 5.82 Å². The van der Waals surface area contributed by atoms with Crippen LogP contribution in [-0.4, -0.2) is 59.2 Å². The Balaban J connectivity index is 0.00000363. The molecule has 1 amide bonds. The first-order valence-corrected chi connectivity index (χ1v) is 9.16. The molecule has 0 fully saturated rings. The average molecular weight is 462 g/mol. The molecule has 3 N–H and O–H groups in total. The van der Waals surface area contributed by atoms with Crippen molar-refractivity contribution in [1.29, 1.82) is 0 Å². The Morgan fingerprint density at radius 3 is 2.69 bits per heavy atom. The van der Waals surface area contributed by atoms with Crippen molar-refractivity contribution >= 4 is 42.4 Å². The summed E-state index contributed by atoms with van der Waals surface area (Å²) in [5.74, 6) is -1.05. The molecule has 0 bridgehead atoms. The minimum absolute atomic E-state index is 0. The van der Waals surface area contributed by atoms with Crippen LogP contribution in [0.3, 0.4) is 0 Å². The number of carbonyl (C=O) groups excluding carboxylic acids is 2. The maximum atomic E-state index is 12.5. The standard InChI is InChI=1S/C19H19N7O5.ClH/c27-15(11-26-24-17(23-25-26)7-6-16-20-8-9-21-16)14(10-18(28)29)22-19(30)31-12-13-4-2-1-3-5-13;/h1-9,14H,10-12H2,(H,20,21)(H,22,30)(H,28,29);1H. The topological polar surface area (TPSA) is 165 Å². The van der Waals surface area contributed by atoms with Crippen LogP contribution in [-0.2, 0) is 27.5 Å². The number of ketones is 1. The van der Waals surface area contributed by atoms with E-state index in [-0.39, 0.29) is 31.4 Å². The van der Waals surface area contributed by atoms with Gasteiger partial charge in [-0.3, -0.25) is 9.59 Å². The minimum Gasteiger partial charge on any atom is -0.481 e. The number of amides is 1. The van der Waals surface area contributed by atoms with Crippen LogP contribution in [0.1, 0.15) is 23.6 Å². The van der Waals surface area contributed by atoms with Crippen LogP contribution >= 0.6 is 12.4 Å². The van der Waals surface area contributed by atoms with Gasteiger partial charge in [-0.2, -0.15) is 4.80 Å². The lowest BCUT2D eigenvalue weighted by molar-refractivity contribution is -0.139.